The molecule has 0 heterocycles. The summed E-state index contributed by atoms with van der Waals surface area (Å²) in [6, 6.07) is 20.1. The number of nitrogens with zero attached hydrogens (tertiary/aromatic N) is 2. The van der Waals surface area contributed by atoms with Crippen molar-refractivity contribution in [2.24, 2.45) is 0 Å². The average Bonchev–Trinajstić information content (AvgIpc) is 3.47. The molecule has 2 amide bonds. The molecule has 0 bridgehead atoms. The van der Waals surface area contributed by atoms with Crippen molar-refractivity contribution >= 4 is 27.5 Å². The van der Waals surface area contributed by atoms with Crippen LogP contribution in [0.25, 0.3) is 0 Å². The maximum atomic E-state index is 14.1. The highest BCUT2D eigenvalue weighted by atomic mass is 32.2. The predicted molar refractivity (Wildman–Crippen MR) is 160 cm³/mol. The smallest absolute Gasteiger partial charge is 0.264 e. The number of hydrogen-bond donors (Lipinski definition) is 1. The molecule has 9 heteroatoms. The highest BCUT2D eigenvalue weighted by Gasteiger charge is 2.33. The highest BCUT2D eigenvalue weighted by molar-refractivity contribution is 7.92. The zero-order chi connectivity index (χ0) is 29.6. The van der Waals surface area contributed by atoms with Crippen molar-refractivity contribution in [2.75, 3.05) is 18.0 Å². The molecule has 1 unspecified atom stereocenters. The van der Waals surface area contributed by atoms with Gasteiger partial charge in [-0.05, 0) is 75.6 Å². The highest BCUT2D eigenvalue weighted by Crippen LogP contribution is 2.27. The van der Waals surface area contributed by atoms with Gasteiger partial charge in [0.05, 0.1) is 17.7 Å². The van der Waals surface area contributed by atoms with Crippen LogP contribution in [-0.2, 0) is 26.2 Å². The van der Waals surface area contributed by atoms with Crippen molar-refractivity contribution in [3.63, 3.8) is 0 Å². The Kier molecular flexibility index (Phi) is 9.70. The SMILES string of the molecule is COc1ccc(N(CC(=O)N(Cc2cccc(C)c2)C(C)C(=O)NC2CCCC2)S(=O)(=O)c2ccc(C)cc2)cc1. The third-order valence-corrected chi connectivity index (χ3v) is 9.34. The molecule has 8 nitrogen and oxygen atoms in total. The number of methoxy groups -OCH3 is 1. The number of benzene rings is 3. The summed E-state index contributed by atoms with van der Waals surface area (Å²) in [4.78, 5) is 28.9. The number of hydrogen-bond acceptors (Lipinski definition) is 5. The molecule has 0 aromatic heterocycles. The number of aryl methyl sites for hydroxylation is 2. The van der Waals surface area contributed by atoms with Crippen molar-refractivity contribution in [3.8, 4) is 5.75 Å². The zero-order valence-corrected chi connectivity index (χ0v) is 25.0. The van der Waals surface area contributed by atoms with Gasteiger partial charge in [-0.1, -0.05) is 60.4 Å². The Morgan fingerprint density at radius 2 is 1.61 bits per heavy atom. The van der Waals surface area contributed by atoms with Gasteiger partial charge in [-0.3, -0.25) is 13.9 Å². The van der Waals surface area contributed by atoms with E-state index in [2.05, 4.69) is 5.32 Å². The van der Waals surface area contributed by atoms with Gasteiger partial charge in [0.1, 0.15) is 18.3 Å². The van der Waals surface area contributed by atoms with E-state index in [1.165, 1.54) is 24.1 Å². The van der Waals surface area contributed by atoms with Crippen LogP contribution in [0.15, 0.2) is 77.7 Å². The molecular formula is C32H39N3O5S. The Labute approximate surface area is 243 Å². The first-order valence-corrected chi connectivity index (χ1v) is 15.4. The monoisotopic (exact) mass is 577 g/mol. The standard InChI is InChI=1S/C32H39N3O5S/c1-23-12-18-30(19-13-23)41(38,39)35(28-14-16-29(40-4)17-15-28)22-31(36)34(21-26-9-7-8-24(2)20-26)25(3)32(37)33-27-10-5-6-11-27/h7-9,12-20,25,27H,5-6,10-11,21-22H2,1-4H3,(H,33,37). The quantitative estimate of drug-likeness (QED) is 0.347. The second-order valence-corrected chi connectivity index (χ2v) is 12.6. The summed E-state index contributed by atoms with van der Waals surface area (Å²) < 4.78 is 34.2. The third kappa shape index (κ3) is 7.47. The first-order chi connectivity index (χ1) is 19.6. The summed E-state index contributed by atoms with van der Waals surface area (Å²) in [6.07, 6.45) is 3.98. The van der Waals surface area contributed by atoms with Crippen LogP contribution in [0.2, 0.25) is 0 Å². The zero-order valence-electron chi connectivity index (χ0n) is 24.2. The van der Waals surface area contributed by atoms with Gasteiger partial charge in [0.15, 0.2) is 0 Å². The van der Waals surface area contributed by atoms with Gasteiger partial charge in [-0.2, -0.15) is 0 Å². The Bertz CT molecular complexity index is 1450. The average molecular weight is 578 g/mol. The lowest BCUT2D eigenvalue weighted by molar-refractivity contribution is -0.139. The molecule has 4 rings (SSSR count). The van der Waals surface area contributed by atoms with E-state index in [1.807, 2.05) is 38.1 Å². The van der Waals surface area contributed by atoms with Crippen LogP contribution in [0.3, 0.4) is 0 Å². The van der Waals surface area contributed by atoms with E-state index in [4.69, 9.17) is 4.74 Å². The summed E-state index contributed by atoms with van der Waals surface area (Å²) in [7, 11) is -2.59. The fourth-order valence-corrected chi connectivity index (χ4v) is 6.51. The van der Waals surface area contributed by atoms with Crippen LogP contribution >= 0.6 is 0 Å². The van der Waals surface area contributed by atoms with Crippen LogP contribution in [-0.4, -0.2) is 50.9 Å². The molecule has 218 valence electrons. The molecule has 41 heavy (non-hydrogen) atoms. The lowest BCUT2D eigenvalue weighted by Crippen LogP contribution is -2.52. The number of sulfonamides is 1. The minimum absolute atomic E-state index is 0.0731. The molecule has 1 fully saturated rings. The van der Waals surface area contributed by atoms with E-state index < -0.39 is 28.5 Å². The number of anilines is 1. The van der Waals surface area contributed by atoms with Crippen molar-refractivity contribution in [1.82, 2.24) is 10.2 Å². The molecule has 1 aliphatic rings. The van der Waals surface area contributed by atoms with Crippen LogP contribution in [0.4, 0.5) is 5.69 Å². The van der Waals surface area contributed by atoms with Gasteiger partial charge < -0.3 is 15.0 Å². The van der Waals surface area contributed by atoms with Gasteiger partial charge in [0, 0.05) is 12.6 Å². The Morgan fingerprint density at radius 1 is 0.951 bits per heavy atom. The number of nitrogens with one attached hydrogen (secondary N) is 1. The summed E-state index contributed by atoms with van der Waals surface area (Å²) in [6.45, 7) is 5.23. The van der Waals surface area contributed by atoms with E-state index >= 15 is 0 Å². The molecule has 3 aromatic rings. The number of carbonyl (C=O) groups excluding carboxylic acids is 2. The van der Waals surface area contributed by atoms with E-state index in [0.29, 0.717) is 11.4 Å². The van der Waals surface area contributed by atoms with Crippen LogP contribution < -0.4 is 14.4 Å². The van der Waals surface area contributed by atoms with Gasteiger partial charge in [0.2, 0.25) is 11.8 Å². The molecule has 3 aromatic carbocycles. The van der Waals surface area contributed by atoms with Gasteiger partial charge in [-0.25, -0.2) is 8.42 Å². The Balaban J connectivity index is 1.69. The molecule has 0 saturated heterocycles. The Morgan fingerprint density at radius 3 is 2.22 bits per heavy atom. The molecular weight excluding hydrogens is 538 g/mol. The van der Waals surface area contributed by atoms with E-state index in [9.17, 15) is 18.0 Å². The fraction of sp³-hybridized carbons (Fsp3) is 0.375. The first-order valence-electron chi connectivity index (χ1n) is 14.0. The van der Waals surface area contributed by atoms with Crippen molar-refractivity contribution < 1.29 is 22.7 Å². The van der Waals surface area contributed by atoms with Crippen LogP contribution in [0.1, 0.15) is 49.3 Å². The normalized spacial score (nSPS) is 14.3. The van der Waals surface area contributed by atoms with Gasteiger partial charge >= 0.3 is 0 Å². The van der Waals surface area contributed by atoms with Crippen molar-refractivity contribution in [2.45, 2.75) is 70.0 Å². The van der Waals surface area contributed by atoms with Crippen molar-refractivity contribution in [3.05, 3.63) is 89.5 Å². The van der Waals surface area contributed by atoms with Crippen LogP contribution in [0, 0.1) is 13.8 Å². The number of amides is 2. The second-order valence-electron chi connectivity index (χ2n) is 10.7. The molecule has 1 N–H and O–H groups in total. The maximum absolute atomic E-state index is 14.1. The summed E-state index contributed by atoms with van der Waals surface area (Å²) in [5.74, 6) is -0.159. The minimum atomic E-state index is -4.12. The molecule has 0 radical (unpaired) electrons. The van der Waals surface area contributed by atoms with Crippen LogP contribution in [0.5, 0.6) is 5.75 Å². The van der Waals surface area contributed by atoms with E-state index in [0.717, 1.165) is 46.7 Å². The molecule has 0 aliphatic heterocycles. The minimum Gasteiger partial charge on any atom is -0.497 e. The van der Waals surface area contributed by atoms with Gasteiger partial charge in [0.25, 0.3) is 10.0 Å². The summed E-state index contributed by atoms with van der Waals surface area (Å²) in [5, 5.41) is 3.09. The molecule has 0 spiro atoms. The number of rotatable bonds is 11. The fourth-order valence-electron chi connectivity index (χ4n) is 5.10. The summed E-state index contributed by atoms with van der Waals surface area (Å²) >= 11 is 0. The maximum Gasteiger partial charge on any atom is 0.264 e. The largest absolute Gasteiger partial charge is 0.497 e. The Hall–Kier alpha value is -3.85. The lowest BCUT2D eigenvalue weighted by Gasteiger charge is -2.32. The number of ether oxygens (including phenoxy) is 1. The molecule has 1 aliphatic carbocycles. The third-order valence-electron chi connectivity index (χ3n) is 7.55. The van der Waals surface area contributed by atoms with E-state index in [1.54, 1.807) is 43.3 Å². The molecule has 1 atom stereocenters. The van der Waals surface area contributed by atoms with E-state index in [-0.39, 0.29) is 23.4 Å². The van der Waals surface area contributed by atoms with Crippen molar-refractivity contribution in [1.29, 1.82) is 0 Å². The summed E-state index contributed by atoms with van der Waals surface area (Å²) in [5.41, 5.74) is 3.12. The predicted octanol–water partition coefficient (Wildman–Crippen LogP) is 4.98. The lowest BCUT2D eigenvalue weighted by atomic mass is 10.1. The number of carbonyl (C=O) groups is 2. The first kappa shape index (κ1) is 30.1. The van der Waals surface area contributed by atoms with Gasteiger partial charge in [-0.15, -0.1) is 0 Å². The molecule has 1 saturated carbocycles. The second kappa shape index (κ2) is 13.2. The topological polar surface area (TPSA) is 96.0 Å².